The lowest BCUT2D eigenvalue weighted by Gasteiger charge is -2.31. The number of hydrogen-bond donors (Lipinski definition) is 2. The van der Waals surface area contributed by atoms with E-state index in [1.54, 1.807) is 24.1 Å². The Balaban J connectivity index is 1.82. The molecule has 2 N–H and O–H groups in total. The van der Waals surface area contributed by atoms with Crippen LogP contribution >= 0.6 is 11.6 Å². The molecule has 26 heavy (non-hydrogen) atoms. The van der Waals surface area contributed by atoms with Gasteiger partial charge in [-0.1, -0.05) is 11.6 Å². The fraction of sp³-hybridized carbons (Fsp3) is 0.389. The Labute approximate surface area is 154 Å². The van der Waals surface area contributed by atoms with Crippen LogP contribution < -0.4 is 15.5 Å². The molecule has 8 heteroatoms. The molecule has 2 aliphatic rings. The fourth-order valence-corrected chi connectivity index (χ4v) is 4.21. The van der Waals surface area contributed by atoms with Crippen molar-refractivity contribution in [3.05, 3.63) is 46.7 Å². The summed E-state index contributed by atoms with van der Waals surface area (Å²) in [7, 11) is 1.76. The minimum Gasteiger partial charge on any atom is -0.370 e. The average Bonchev–Trinajstić information content (AvgIpc) is 2.89. The Morgan fingerprint density at radius 1 is 1.35 bits per heavy atom. The summed E-state index contributed by atoms with van der Waals surface area (Å²) in [6, 6.07) is 6.42. The van der Waals surface area contributed by atoms with Crippen LogP contribution in [-0.4, -0.2) is 31.2 Å². The molecule has 1 aromatic heterocycles. The molecule has 2 atom stereocenters. The van der Waals surface area contributed by atoms with Crippen LogP contribution in [0.25, 0.3) is 0 Å². The van der Waals surface area contributed by atoms with E-state index in [1.165, 1.54) is 6.20 Å². The highest BCUT2D eigenvalue weighted by Crippen LogP contribution is 2.50. The largest absolute Gasteiger partial charge is 0.418 e. The van der Waals surface area contributed by atoms with E-state index in [1.807, 2.05) is 6.07 Å². The van der Waals surface area contributed by atoms with Crippen molar-refractivity contribution in [1.82, 2.24) is 10.3 Å². The molecule has 0 saturated carbocycles. The van der Waals surface area contributed by atoms with Crippen molar-refractivity contribution < 1.29 is 13.2 Å². The van der Waals surface area contributed by atoms with Crippen LogP contribution in [0, 0.1) is 0 Å². The van der Waals surface area contributed by atoms with Gasteiger partial charge in [-0.2, -0.15) is 13.2 Å². The molecule has 1 saturated heterocycles. The van der Waals surface area contributed by atoms with Crippen LogP contribution in [0.3, 0.4) is 0 Å². The predicted molar refractivity (Wildman–Crippen MR) is 96.4 cm³/mol. The molecule has 4 nitrogen and oxygen atoms in total. The average molecular weight is 383 g/mol. The van der Waals surface area contributed by atoms with Crippen LogP contribution in [0.4, 0.5) is 30.2 Å². The van der Waals surface area contributed by atoms with Crippen molar-refractivity contribution >= 4 is 28.7 Å². The van der Waals surface area contributed by atoms with Crippen molar-refractivity contribution in [3.63, 3.8) is 0 Å². The molecular weight excluding hydrogens is 365 g/mol. The molecule has 0 aliphatic carbocycles. The van der Waals surface area contributed by atoms with E-state index in [0.717, 1.165) is 24.6 Å². The lowest BCUT2D eigenvalue weighted by molar-refractivity contribution is -0.137. The number of pyridine rings is 1. The van der Waals surface area contributed by atoms with Gasteiger partial charge in [0.2, 0.25) is 0 Å². The maximum Gasteiger partial charge on any atom is 0.418 e. The first-order valence-corrected chi connectivity index (χ1v) is 8.80. The fourth-order valence-electron chi connectivity index (χ4n) is 4.05. The first-order chi connectivity index (χ1) is 12.4. The normalized spacial score (nSPS) is 22.1. The number of hydrogen-bond acceptors (Lipinski definition) is 4. The molecule has 2 aromatic rings. The highest BCUT2D eigenvalue weighted by atomic mass is 35.5. The zero-order valence-corrected chi connectivity index (χ0v) is 14.8. The number of alkyl halides is 3. The number of piperidine rings is 1. The summed E-state index contributed by atoms with van der Waals surface area (Å²) < 4.78 is 41.4. The van der Waals surface area contributed by atoms with Gasteiger partial charge in [0.25, 0.3) is 0 Å². The number of aromatic nitrogens is 1. The van der Waals surface area contributed by atoms with Crippen LogP contribution in [0.1, 0.15) is 23.5 Å². The molecule has 0 spiro atoms. The minimum atomic E-state index is -4.43. The summed E-state index contributed by atoms with van der Waals surface area (Å²) >= 11 is 6.04. The Kier molecular flexibility index (Phi) is 4.23. The van der Waals surface area contributed by atoms with Crippen molar-refractivity contribution in [2.24, 2.45) is 0 Å². The monoisotopic (exact) mass is 382 g/mol. The number of nitrogens with zero attached hydrogens (tertiary/aromatic N) is 2. The van der Waals surface area contributed by atoms with Crippen molar-refractivity contribution in [3.8, 4) is 0 Å². The third-order valence-corrected chi connectivity index (χ3v) is 5.48. The third-order valence-electron chi connectivity index (χ3n) is 5.18. The number of halogens is 4. The summed E-state index contributed by atoms with van der Waals surface area (Å²) in [4.78, 5) is 5.76. The van der Waals surface area contributed by atoms with E-state index in [2.05, 4.69) is 15.6 Å². The SMILES string of the molecule is CN1c2c(cc(Nc3cccnc3Cl)cc2C(F)(F)F)[C@@H]2CNCC[C@@H]21. The quantitative estimate of drug-likeness (QED) is 0.756. The lowest BCUT2D eigenvalue weighted by Crippen LogP contribution is -2.42. The molecule has 0 bridgehead atoms. The van der Waals surface area contributed by atoms with E-state index in [9.17, 15) is 13.2 Å². The summed E-state index contributed by atoms with van der Waals surface area (Å²) in [6.07, 6.45) is -2.08. The highest BCUT2D eigenvalue weighted by Gasteiger charge is 2.45. The number of likely N-dealkylation sites (N-methyl/N-ethyl adjacent to an activating group) is 1. The molecule has 0 unspecified atom stereocenters. The van der Waals surface area contributed by atoms with Gasteiger partial charge in [0, 0.05) is 37.4 Å². The van der Waals surface area contributed by atoms with Crippen LogP contribution in [-0.2, 0) is 6.18 Å². The molecule has 0 amide bonds. The maximum absolute atomic E-state index is 13.8. The van der Waals surface area contributed by atoms with Crippen molar-refractivity contribution in [1.29, 1.82) is 0 Å². The number of fused-ring (bicyclic) bond motifs is 3. The van der Waals surface area contributed by atoms with Gasteiger partial charge >= 0.3 is 6.18 Å². The molecule has 1 aromatic carbocycles. The van der Waals surface area contributed by atoms with E-state index in [4.69, 9.17) is 11.6 Å². The molecule has 138 valence electrons. The second-order valence-electron chi connectivity index (χ2n) is 6.70. The van der Waals surface area contributed by atoms with Crippen LogP contribution in [0.2, 0.25) is 5.15 Å². The van der Waals surface area contributed by atoms with Gasteiger partial charge in [0.05, 0.1) is 16.9 Å². The Bertz CT molecular complexity index is 840. The number of anilines is 3. The Hall–Kier alpha value is -1.99. The minimum absolute atomic E-state index is 0.0379. The van der Waals surface area contributed by atoms with Gasteiger partial charge in [-0.15, -0.1) is 0 Å². The second-order valence-corrected chi connectivity index (χ2v) is 7.06. The molecule has 2 aliphatic heterocycles. The van der Waals surface area contributed by atoms with E-state index in [0.29, 0.717) is 23.6 Å². The van der Waals surface area contributed by atoms with Gasteiger partial charge in [-0.05, 0) is 42.8 Å². The standard InChI is InChI=1S/C18H18ClF3N4/c1-26-15-4-6-23-9-12(15)11-7-10(8-13(16(11)26)18(20,21)22)25-14-3-2-5-24-17(14)19/h2-3,5,7-8,12,15,23,25H,4,6,9H2,1H3/t12-,15-/m0/s1. The van der Waals surface area contributed by atoms with Crippen molar-refractivity contribution in [2.45, 2.75) is 24.6 Å². The predicted octanol–water partition coefficient (Wildman–Crippen LogP) is 4.39. The molecular formula is C18H18ClF3N4. The zero-order valence-electron chi connectivity index (χ0n) is 14.1. The van der Waals surface area contributed by atoms with Gasteiger partial charge in [0.1, 0.15) is 0 Å². The van der Waals surface area contributed by atoms with E-state index >= 15 is 0 Å². The summed E-state index contributed by atoms with van der Waals surface area (Å²) in [5.74, 6) is 0.0379. The van der Waals surface area contributed by atoms with E-state index in [-0.39, 0.29) is 17.1 Å². The Morgan fingerprint density at radius 2 is 2.15 bits per heavy atom. The van der Waals surface area contributed by atoms with Gasteiger partial charge in [-0.3, -0.25) is 0 Å². The topological polar surface area (TPSA) is 40.2 Å². The molecule has 0 radical (unpaired) electrons. The third kappa shape index (κ3) is 2.89. The first-order valence-electron chi connectivity index (χ1n) is 8.42. The van der Waals surface area contributed by atoms with Crippen molar-refractivity contribution in [2.75, 3.05) is 30.4 Å². The van der Waals surface area contributed by atoms with Crippen LogP contribution in [0.5, 0.6) is 0 Å². The summed E-state index contributed by atoms with van der Waals surface area (Å²) in [5.41, 5.74) is 1.24. The molecule has 1 fully saturated rings. The Morgan fingerprint density at radius 3 is 2.88 bits per heavy atom. The number of rotatable bonds is 2. The molecule has 4 rings (SSSR count). The molecule has 3 heterocycles. The zero-order chi connectivity index (χ0) is 18.5. The van der Waals surface area contributed by atoms with Gasteiger partial charge in [-0.25, -0.2) is 4.98 Å². The lowest BCUT2D eigenvalue weighted by atomic mass is 9.89. The maximum atomic E-state index is 13.8. The number of benzene rings is 1. The highest BCUT2D eigenvalue weighted by molar-refractivity contribution is 6.32. The van der Waals surface area contributed by atoms with Gasteiger partial charge in [0.15, 0.2) is 5.15 Å². The number of nitrogens with one attached hydrogen (secondary N) is 2. The summed E-state index contributed by atoms with van der Waals surface area (Å²) in [5, 5.41) is 6.50. The van der Waals surface area contributed by atoms with E-state index < -0.39 is 11.7 Å². The summed E-state index contributed by atoms with van der Waals surface area (Å²) in [6.45, 7) is 1.49. The smallest absolute Gasteiger partial charge is 0.370 e. The second kappa shape index (κ2) is 6.32. The van der Waals surface area contributed by atoms with Crippen LogP contribution in [0.15, 0.2) is 30.5 Å². The first kappa shape index (κ1) is 17.4. The van der Waals surface area contributed by atoms with Gasteiger partial charge < -0.3 is 15.5 Å².